The standard InChI is InChI=1S/C14H22N2O/c1-3-15-10-9-14(17)16-12(2)11-13-7-5-4-6-8-13/h4-8,12,15H,3,9-11H2,1-2H3,(H,16,17). The van der Waals surface area contributed by atoms with Crippen LogP contribution in [0.3, 0.4) is 0 Å². The highest BCUT2D eigenvalue weighted by atomic mass is 16.1. The van der Waals surface area contributed by atoms with E-state index in [4.69, 9.17) is 0 Å². The number of hydrogen-bond acceptors (Lipinski definition) is 2. The van der Waals surface area contributed by atoms with Gasteiger partial charge >= 0.3 is 0 Å². The van der Waals surface area contributed by atoms with E-state index in [1.165, 1.54) is 5.56 Å². The molecule has 0 bridgehead atoms. The van der Waals surface area contributed by atoms with Crippen LogP contribution in [0.5, 0.6) is 0 Å². The summed E-state index contributed by atoms with van der Waals surface area (Å²) in [6.07, 6.45) is 1.43. The SMILES string of the molecule is CCNCCC(=O)NC(C)Cc1ccccc1. The topological polar surface area (TPSA) is 41.1 Å². The van der Waals surface area contributed by atoms with Gasteiger partial charge in [0.15, 0.2) is 0 Å². The van der Waals surface area contributed by atoms with Crippen molar-refractivity contribution in [1.29, 1.82) is 0 Å². The smallest absolute Gasteiger partial charge is 0.221 e. The Balaban J connectivity index is 2.25. The molecule has 1 amide bonds. The molecule has 0 aromatic heterocycles. The molecule has 0 aliphatic heterocycles. The second kappa shape index (κ2) is 7.85. The van der Waals surface area contributed by atoms with Gasteiger partial charge in [-0.1, -0.05) is 37.3 Å². The number of amides is 1. The monoisotopic (exact) mass is 234 g/mol. The molecule has 94 valence electrons. The zero-order valence-corrected chi connectivity index (χ0v) is 10.7. The molecule has 1 aromatic carbocycles. The lowest BCUT2D eigenvalue weighted by Crippen LogP contribution is -2.35. The summed E-state index contributed by atoms with van der Waals surface area (Å²) in [4.78, 5) is 11.6. The maximum Gasteiger partial charge on any atom is 0.221 e. The first kappa shape index (κ1) is 13.7. The molecule has 1 unspecified atom stereocenters. The lowest BCUT2D eigenvalue weighted by Gasteiger charge is -2.14. The van der Waals surface area contributed by atoms with E-state index in [0.717, 1.165) is 19.5 Å². The predicted octanol–water partition coefficient (Wildman–Crippen LogP) is 1.73. The highest BCUT2D eigenvalue weighted by Gasteiger charge is 2.07. The van der Waals surface area contributed by atoms with Crippen molar-refractivity contribution in [2.75, 3.05) is 13.1 Å². The fourth-order valence-electron chi connectivity index (χ4n) is 1.74. The molecule has 1 rings (SSSR count). The summed E-state index contributed by atoms with van der Waals surface area (Å²) in [5, 5.41) is 6.15. The van der Waals surface area contributed by atoms with E-state index >= 15 is 0 Å². The minimum atomic E-state index is 0.120. The molecule has 3 heteroatoms. The van der Waals surface area contributed by atoms with E-state index in [2.05, 4.69) is 22.8 Å². The van der Waals surface area contributed by atoms with Crippen molar-refractivity contribution in [1.82, 2.24) is 10.6 Å². The third-order valence-electron chi connectivity index (χ3n) is 2.57. The van der Waals surface area contributed by atoms with Gasteiger partial charge in [-0.2, -0.15) is 0 Å². The number of carbonyl (C=O) groups is 1. The normalized spacial score (nSPS) is 12.1. The third kappa shape index (κ3) is 6.07. The second-order valence-electron chi connectivity index (χ2n) is 4.26. The Hall–Kier alpha value is -1.35. The maximum atomic E-state index is 11.6. The van der Waals surface area contributed by atoms with Crippen LogP contribution in [0.1, 0.15) is 25.8 Å². The molecule has 0 fully saturated rings. The van der Waals surface area contributed by atoms with Gasteiger partial charge in [-0.05, 0) is 25.5 Å². The first-order valence-corrected chi connectivity index (χ1v) is 6.26. The Morgan fingerprint density at radius 1 is 1.29 bits per heavy atom. The molecule has 0 saturated carbocycles. The van der Waals surface area contributed by atoms with Gasteiger partial charge in [0, 0.05) is 19.0 Å². The molecule has 0 spiro atoms. The van der Waals surface area contributed by atoms with Gasteiger partial charge in [-0.25, -0.2) is 0 Å². The first-order chi connectivity index (χ1) is 8.22. The van der Waals surface area contributed by atoms with E-state index in [0.29, 0.717) is 6.42 Å². The quantitative estimate of drug-likeness (QED) is 0.706. The first-order valence-electron chi connectivity index (χ1n) is 6.26. The highest BCUT2D eigenvalue weighted by molar-refractivity contribution is 5.76. The minimum absolute atomic E-state index is 0.120. The van der Waals surface area contributed by atoms with Crippen molar-refractivity contribution >= 4 is 5.91 Å². The van der Waals surface area contributed by atoms with Crippen LogP contribution in [0, 0.1) is 0 Å². The summed E-state index contributed by atoms with van der Waals surface area (Å²) < 4.78 is 0. The van der Waals surface area contributed by atoms with E-state index < -0.39 is 0 Å². The lowest BCUT2D eigenvalue weighted by atomic mass is 10.1. The Labute approximate surface area is 104 Å². The van der Waals surface area contributed by atoms with Gasteiger partial charge in [0.05, 0.1) is 0 Å². The van der Waals surface area contributed by atoms with Gasteiger partial charge in [0.1, 0.15) is 0 Å². The van der Waals surface area contributed by atoms with E-state index in [1.807, 2.05) is 32.0 Å². The summed E-state index contributed by atoms with van der Waals surface area (Å²) in [6, 6.07) is 10.4. The molecule has 0 aliphatic carbocycles. The van der Waals surface area contributed by atoms with Gasteiger partial charge in [-0.3, -0.25) is 4.79 Å². The lowest BCUT2D eigenvalue weighted by molar-refractivity contribution is -0.121. The number of nitrogens with one attached hydrogen (secondary N) is 2. The molecule has 17 heavy (non-hydrogen) atoms. The van der Waals surface area contributed by atoms with Crippen LogP contribution in [0.25, 0.3) is 0 Å². The summed E-state index contributed by atoms with van der Waals surface area (Å²) in [5.74, 6) is 0.120. The number of benzene rings is 1. The molecule has 1 aromatic rings. The Morgan fingerprint density at radius 3 is 2.65 bits per heavy atom. The van der Waals surface area contributed by atoms with Gasteiger partial charge in [0.2, 0.25) is 5.91 Å². The highest BCUT2D eigenvalue weighted by Crippen LogP contribution is 2.02. The fraction of sp³-hybridized carbons (Fsp3) is 0.500. The molecular formula is C14H22N2O. The summed E-state index contributed by atoms with van der Waals surface area (Å²) in [7, 11) is 0. The zero-order valence-electron chi connectivity index (χ0n) is 10.7. The van der Waals surface area contributed by atoms with Crippen LogP contribution in [0.4, 0.5) is 0 Å². The van der Waals surface area contributed by atoms with Gasteiger partial charge in [0.25, 0.3) is 0 Å². The summed E-state index contributed by atoms with van der Waals surface area (Å²) in [5.41, 5.74) is 1.26. The average molecular weight is 234 g/mol. The zero-order chi connectivity index (χ0) is 12.5. The summed E-state index contributed by atoms with van der Waals surface area (Å²) in [6.45, 7) is 5.74. The van der Waals surface area contributed by atoms with Crippen molar-refractivity contribution in [3.63, 3.8) is 0 Å². The molecular weight excluding hydrogens is 212 g/mol. The van der Waals surface area contributed by atoms with Crippen LogP contribution < -0.4 is 10.6 Å². The molecule has 1 atom stereocenters. The molecule has 2 N–H and O–H groups in total. The maximum absolute atomic E-state index is 11.6. The molecule has 0 heterocycles. The number of rotatable bonds is 7. The molecule has 3 nitrogen and oxygen atoms in total. The van der Waals surface area contributed by atoms with Crippen LogP contribution in [0.15, 0.2) is 30.3 Å². The minimum Gasteiger partial charge on any atom is -0.353 e. The molecule has 0 aliphatic rings. The molecule has 0 radical (unpaired) electrons. The second-order valence-corrected chi connectivity index (χ2v) is 4.26. The van der Waals surface area contributed by atoms with E-state index in [1.54, 1.807) is 0 Å². The third-order valence-corrected chi connectivity index (χ3v) is 2.57. The van der Waals surface area contributed by atoms with Gasteiger partial charge < -0.3 is 10.6 Å². The Kier molecular flexibility index (Phi) is 6.33. The van der Waals surface area contributed by atoms with Crippen LogP contribution in [-0.4, -0.2) is 25.0 Å². The fourth-order valence-corrected chi connectivity index (χ4v) is 1.74. The van der Waals surface area contributed by atoms with Crippen molar-refractivity contribution in [2.24, 2.45) is 0 Å². The Morgan fingerprint density at radius 2 is 2.00 bits per heavy atom. The number of hydrogen-bond donors (Lipinski definition) is 2. The van der Waals surface area contributed by atoms with E-state index in [9.17, 15) is 4.79 Å². The number of carbonyl (C=O) groups excluding carboxylic acids is 1. The van der Waals surface area contributed by atoms with Crippen molar-refractivity contribution < 1.29 is 4.79 Å². The Bertz CT molecular complexity index is 324. The van der Waals surface area contributed by atoms with Crippen LogP contribution in [0.2, 0.25) is 0 Å². The van der Waals surface area contributed by atoms with Gasteiger partial charge in [-0.15, -0.1) is 0 Å². The van der Waals surface area contributed by atoms with Crippen molar-refractivity contribution in [3.05, 3.63) is 35.9 Å². The van der Waals surface area contributed by atoms with Crippen molar-refractivity contribution in [2.45, 2.75) is 32.7 Å². The largest absolute Gasteiger partial charge is 0.353 e. The van der Waals surface area contributed by atoms with Crippen molar-refractivity contribution in [3.8, 4) is 0 Å². The summed E-state index contributed by atoms with van der Waals surface area (Å²) >= 11 is 0. The average Bonchev–Trinajstić information content (AvgIpc) is 2.30. The molecule has 0 saturated heterocycles. The van der Waals surface area contributed by atoms with Crippen LogP contribution in [-0.2, 0) is 11.2 Å². The van der Waals surface area contributed by atoms with E-state index in [-0.39, 0.29) is 11.9 Å². The predicted molar refractivity (Wildman–Crippen MR) is 70.9 cm³/mol. The van der Waals surface area contributed by atoms with Crippen LogP contribution >= 0.6 is 0 Å².